The van der Waals surface area contributed by atoms with Crippen molar-refractivity contribution in [3.63, 3.8) is 0 Å². The SMILES string of the molecule is NC(=O)CN1CCC[C@H](c2nc(-c3cn4ccccc4n3)no2)C1. The van der Waals surface area contributed by atoms with Crippen molar-refractivity contribution in [2.45, 2.75) is 18.8 Å². The molecule has 24 heavy (non-hydrogen) atoms. The second-order valence-electron chi connectivity index (χ2n) is 6.09. The highest BCUT2D eigenvalue weighted by Crippen LogP contribution is 2.27. The first-order valence-corrected chi connectivity index (χ1v) is 7.97. The van der Waals surface area contributed by atoms with Crippen LogP contribution in [0.2, 0.25) is 0 Å². The van der Waals surface area contributed by atoms with Crippen LogP contribution in [0.4, 0.5) is 0 Å². The molecule has 124 valence electrons. The average Bonchev–Trinajstić information content (AvgIpc) is 3.21. The van der Waals surface area contributed by atoms with E-state index < -0.39 is 0 Å². The van der Waals surface area contributed by atoms with Crippen molar-refractivity contribution >= 4 is 11.6 Å². The summed E-state index contributed by atoms with van der Waals surface area (Å²) in [4.78, 5) is 22.2. The molecule has 8 heteroatoms. The molecule has 1 aliphatic rings. The number of fused-ring (bicyclic) bond motifs is 1. The molecule has 1 fully saturated rings. The third kappa shape index (κ3) is 2.88. The van der Waals surface area contributed by atoms with E-state index in [0.717, 1.165) is 25.0 Å². The number of carbonyl (C=O) groups excluding carboxylic acids is 1. The minimum Gasteiger partial charge on any atom is -0.369 e. The largest absolute Gasteiger partial charge is 0.369 e. The summed E-state index contributed by atoms with van der Waals surface area (Å²) in [5.74, 6) is 0.889. The van der Waals surface area contributed by atoms with Crippen LogP contribution in [-0.4, -0.2) is 50.0 Å². The van der Waals surface area contributed by atoms with Gasteiger partial charge in [-0.05, 0) is 31.5 Å². The molecule has 0 unspecified atom stereocenters. The molecule has 3 aromatic rings. The number of amides is 1. The molecule has 2 N–H and O–H groups in total. The van der Waals surface area contributed by atoms with Gasteiger partial charge in [0.1, 0.15) is 11.3 Å². The molecule has 0 aliphatic carbocycles. The van der Waals surface area contributed by atoms with Gasteiger partial charge in [-0.2, -0.15) is 4.98 Å². The first-order chi connectivity index (χ1) is 11.7. The normalized spacial score (nSPS) is 18.9. The van der Waals surface area contributed by atoms with Gasteiger partial charge >= 0.3 is 0 Å². The Morgan fingerprint density at radius 1 is 1.38 bits per heavy atom. The Morgan fingerprint density at radius 3 is 3.12 bits per heavy atom. The summed E-state index contributed by atoms with van der Waals surface area (Å²) in [6.07, 6.45) is 5.74. The molecule has 1 atom stereocenters. The van der Waals surface area contributed by atoms with E-state index in [0.29, 0.717) is 24.0 Å². The van der Waals surface area contributed by atoms with Gasteiger partial charge in [0.2, 0.25) is 17.6 Å². The standard InChI is InChI=1S/C16H18N6O2/c17-13(23)10-21-6-3-4-11(8-21)16-19-15(20-24-16)12-9-22-7-2-1-5-14(22)18-12/h1-2,5,7,9,11H,3-4,6,8,10H2,(H2,17,23)/t11-/m0/s1. The maximum absolute atomic E-state index is 11.1. The molecule has 4 heterocycles. The third-order valence-corrected chi connectivity index (χ3v) is 4.27. The Hall–Kier alpha value is -2.74. The van der Waals surface area contributed by atoms with Crippen LogP contribution in [0, 0.1) is 0 Å². The minimum absolute atomic E-state index is 0.122. The highest BCUT2D eigenvalue weighted by atomic mass is 16.5. The summed E-state index contributed by atoms with van der Waals surface area (Å²) in [5, 5.41) is 4.07. The predicted octanol–water partition coefficient (Wildman–Crippen LogP) is 1.05. The van der Waals surface area contributed by atoms with Crippen molar-refractivity contribution in [3.05, 3.63) is 36.5 Å². The third-order valence-electron chi connectivity index (χ3n) is 4.27. The van der Waals surface area contributed by atoms with Crippen molar-refractivity contribution in [2.75, 3.05) is 19.6 Å². The first kappa shape index (κ1) is 14.8. The second kappa shape index (κ2) is 6.04. The number of likely N-dealkylation sites (tertiary alicyclic amines) is 1. The Labute approximate surface area is 138 Å². The van der Waals surface area contributed by atoms with Crippen LogP contribution >= 0.6 is 0 Å². The highest BCUT2D eigenvalue weighted by molar-refractivity contribution is 5.75. The summed E-state index contributed by atoms with van der Waals surface area (Å²) >= 11 is 0. The van der Waals surface area contributed by atoms with Gasteiger partial charge in [-0.25, -0.2) is 4.98 Å². The van der Waals surface area contributed by atoms with Crippen LogP contribution < -0.4 is 5.73 Å². The van der Waals surface area contributed by atoms with E-state index in [-0.39, 0.29) is 18.4 Å². The number of nitrogens with two attached hydrogens (primary N) is 1. The number of pyridine rings is 1. The zero-order valence-corrected chi connectivity index (χ0v) is 13.1. The van der Waals surface area contributed by atoms with Crippen LogP contribution in [0.5, 0.6) is 0 Å². The van der Waals surface area contributed by atoms with E-state index in [1.54, 1.807) is 0 Å². The van der Waals surface area contributed by atoms with Crippen LogP contribution in [0.1, 0.15) is 24.7 Å². The lowest BCUT2D eigenvalue weighted by molar-refractivity contribution is -0.119. The predicted molar refractivity (Wildman–Crippen MR) is 86.1 cm³/mol. The Kier molecular flexibility index (Phi) is 3.73. The molecule has 0 bridgehead atoms. The summed E-state index contributed by atoms with van der Waals surface area (Å²) in [6, 6.07) is 5.80. The quantitative estimate of drug-likeness (QED) is 0.769. The van der Waals surface area contributed by atoms with Crippen molar-refractivity contribution < 1.29 is 9.32 Å². The number of imidazole rings is 1. The van der Waals surface area contributed by atoms with Gasteiger partial charge in [-0.3, -0.25) is 9.69 Å². The number of piperidine rings is 1. The molecule has 4 rings (SSSR count). The maximum Gasteiger partial charge on any atom is 0.231 e. The van der Waals surface area contributed by atoms with Gasteiger partial charge < -0.3 is 14.7 Å². The van der Waals surface area contributed by atoms with Crippen LogP contribution in [0.25, 0.3) is 17.2 Å². The minimum atomic E-state index is -0.313. The fourth-order valence-corrected chi connectivity index (χ4v) is 3.17. The number of hydrogen-bond donors (Lipinski definition) is 1. The fourth-order valence-electron chi connectivity index (χ4n) is 3.17. The number of hydrogen-bond acceptors (Lipinski definition) is 6. The Morgan fingerprint density at radius 2 is 2.29 bits per heavy atom. The van der Waals surface area contributed by atoms with Gasteiger partial charge in [0.05, 0.1) is 12.5 Å². The van der Waals surface area contributed by atoms with Crippen LogP contribution in [0.15, 0.2) is 35.1 Å². The van der Waals surface area contributed by atoms with E-state index in [1.807, 2.05) is 39.9 Å². The lowest BCUT2D eigenvalue weighted by Gasteiger charge is -2.29. The highest BCUT2D eigenvalue weighted by Gasteiger charge is 2.27. The molecule has 0 aromatic carbocycles. The lowest BCUT2D eigenvalue weighted by atomic mass is 9.98. The first-order valence-electron chi connectivity index (χ1n) is 7.97. The van der Waals surface area contributed by atoms with Gasteiger partial charge in [0.25, 0.3) is 0 Å². The summed E-state index contributed by atoms with van der Waals surface area (Å²) in [5.41, 5.74) is 6.80. The van der Waals surface area contributed by atoms with E-state index in [9.17, 15) is 4.79 Å². The molecule has 0 spiro atoms. The molecule has 8 nitrogen and oxygen atoms in total. The molecule has 3 aromatic heterocycles. The van der Waals surface area contributed by atoms with Crippen LogP contribution in [-0.2, 0) is 4.79 Å². The fraction of sp³-hybridized carbons (Fsp3) is 0.375. The monoisotopic (exact) mass is 326 g/mol. The summed E-state index contributed by atoms with van der Waals surface area (Å²) in [7, 11) is 0. The summed E-state index contributed by atoms with van der Waals surface area (Å²) < 4.78 is 7.37. The van der Waals surface area contributed by atoms with E-state index in [2.05, 4.69) is 15.1 Å². The summed E-state index contributed by atoms with van der Waals surface area (Å²) in [6.45, 7) is 1.84. The molecular weight excluding hydrogens is 308 g/mol. The van der Waals surface area contributed by atoms with Crippen molar-refractivity contribution in [2.24, 2.45) is 5.73 Å². The van der Waals surface area contributed by atoms with Gasteiger partial charge in [0.15, 0.2) is 0 Å². The molecule has 0 saturated carbocycles. The second-order valence-corrected chi connectivity index (χ2v) is 6.09. The van der Waals surface area contributed by atoms with E-state index in [1.165, 1.54) is 0 Å². The zero-order chi connectivity index (χ0) is 16.5. The number of aromatic nitrogens is 4. The van der Waals surface area contributed by atoms with Gasteiger partial charge in [-0.1, -0.05) is 11.2 Å². The molecule has 1 amide bonds. The van der Waals surface area contributed by atoms with Gasteiger partial charge in [-0.15, -0.1) is 0 Å². The number of carbonyl (C=O) groups is 1. The smallest absolute Gasteiger partial charge is 0.231 e. The molecule has 0 radical (unpaired) electrons. The molecular formula is C16H18N6O2. The van der Waals surface area contributed by atoms with E-state index in [4.69, 9.17) is 10.3 Å². The van der Waals surface area contributed by atoms with Crippen molar-refractivity contribution in [3.8, 4) is 11.5 Å². The molecule has 1 saturated heterocycles. The number of rotatable bonds is 4. The van der Waals surface area contributed by atoms with Gasteiger partial charge in [0, 0.05) is 18.9 Å². The van der Waals surface area contributed by atoms with E-state index >= 15 is 0 Å². The Bertz CT molecular complexity index is 837. The topological polar surface area (TPSA) is 103 Å². The molecule has 1 aliphatic heterocycles. The van der Waals surface area contributed by atoms with Crippen molar-refractivity contribution in [1.82, 2.24) is 24.4 Å². The van der Waals surface area contributed by atoms with Crippen LogP contribution in [0.3, 0.4) is 0 Å². The number of primary amides is 1. The maximum atomic E-state index is 11.1. The zero-order valence-electron chi connectivity index (χ0n) is 13.1. The Balaban J connectivity index is 1.54. The van der Waals surface area contributed by atoms with Crippen molar-refractivity contribution in [1.29, 1.82) is 0 Å². The average molecular weight is 326 g/mol. The number of nitrogens with zero attached hydrogens (tertiary/aromatic N) is 5. The lowest BCUT2D eigenvalue weighted by Crippen LogP contribution is -2.40.